The van der Waals surface area contributed by atoms with Crippen LogP contribution in [-0.4, -0.2) is 62.6 Å². The van der Waals surface area contributed by atoms with Crippen molar-refractivity contribution in [1.82, 2.24) is 10.6 Å². The van der Waals surface area contributed by atoms with Crippen LogP contribution in [0.25, 0.3) is 0 Å². The molecule has 3 N–H and O–H groups in total. The zero-order valence-electron chi connectivity index (χ0n) is 17.1. The molecule has 8 heteroatoms. The molecule has 1 aliphatic heterocycles. The normalized spacial score (nSPS) is 18.9. The van der Waals surface area contributed by atoms with E-state index in [0.717, 1.165) is 50.7 Å². The largest absolute Gasteiger partial charge is 0.389 e. The summed E-state index contributed by atoms with van der Waals surface area (Å²) < 4.78 is 19.0. The highest BCUT2D eigenvalue weighted by atomic mass is 127. The summed E-state index contributed by atoms with van der Waals surface area (Å²) in [7, 11) is 0. The average Bonchev–Trinajstić information content (AvgIpc) is 3.51. The molecule has 3 rings (SSSR count). The number of benzene rings is 1. The number of aliphatic hydroxyl groups is 1. The molecule has 0 aromatic heterocycles. The molecule has 6 nitrogen and oxygen atoms in total. The highest BCUT2D eigenvalue weighted by molar-refractivity contribution is 14.0. The lowest BCUT2D eigenvalue weighted by Crippen LogP contribution is -2.49. The molecule has 1 atom stereocenters. The van der Waals surface area contributed by atoms with Crippen molar-refractivity contribution in [3.8, 4) is 0 Å². The Bertz CT molecular complexity index is 637. The van der Waals surface area contributed by atoms with Gasteiger partial charge in [-0.3, -0.25) is 4.99 Å². The van der Waals surface area contributed by atoms with E-state index in [-0.39, 0.29) is 29.8 Å². The highest BCUT2D eigenvalue weighted by Crippen LogP contribution is 2.28. The molecule has 1 saturated carbocycles. The highest BCUT2D eigenvalue weighted by Gasteiger charge is 2.22. The number of nitrogens with one attached hydrogen (secondary N) is 2. The lowest BCUT2D eigenvalue weighted by atomic mass is 10.0. The van der Waals surface area contributed by atoms with Crippen molar-refractivity contribution in [2.75, 3.05) is 44.3 Å². The summed E-state index contributed by atoms with van der Waals surface area (Å²) in [4.78, 5) is 6.73. The standard InChI is InChI=1S/C21H33FN4O2.HI/c1-2-23-21(24-13-20(27)15-28-14-16-6-7-16)25-18-8-10-26(11-9-18)19-5-3-4-17(22)12-19;/h3-5,12,16,18,20,27H,2,6-11,13-15H2,1H3,(H2,23,24,25);1H. The van der Waals surface area contributed by atoms with Crippen LogP contribution in [0.15, 0.2) is 29.3 Å². The Balaban J connectivity index is 0.00000300. The van der Waals surface area contributed by atoms with Crippen molar-refractivity contribution >= 4 is 35.6 Å². The predicted molar refractivity (Wildman–Crippen MR) is 126 cm³/mol. The summed E-state index contributed by atoms with van der Waals surface area (Å²) in [5.74, 6) is 1.24. The maximum Gasteiger partial charge on any atom is 0.191 e. The Morgan fingerprint density at radius 3 is 2.72 bits per heavy atom. The van der Waals surface area contributed by atoms with Crippen LogP contribution in [0.4, 0.5) is 10.1 Å². The van der Waals surface area contributed by atoms with Crippen LogP contribution in [0.3, 0.4) is 0 Å². The number of nitrogens with zero attached hydrogens (tertiary/aromatic N) is 2. The number of hydrogen-bond acceptors (Lipinski definition) is 4. The Morgan fingerprint density at radius 1 is 1.31 bits per heavy atom. The van der Waals surface area contributed by atoms with E-state index in [1.807, 2.05) is 13.0 Å². The second-order valence-electron chi connectivity index (χ2n) is 7.74. The Labute approximate surface area is 190 Å². The summed E-state index contributed by atoms with van der Waals surface area (Å²) in [5, 5.41) is 16.8. The number of piperidine rings is 1. The number of anilines is 1. The first kappa shape index (κ1) is 24.1. The van der Waals surface area contributed by atoms with Gasteiger partial charge >= 0.3 is 0 Å². The third-order valence-electron chi connectivity index (χ3n) is 5.17. The van der Waals surface area contributed by atoms with Crippen molar-refractivity contribution in [3.05, 3.63) is 30.1 Å². The molecule has 2 aliphatic rings. The monoisotopic (exact) mass is 520 g/mol. The fraction of sp³-hybridized carbons (Fsp3) is 0.667. The van der Waals surface area contributed by atoms with Gasteiger partial charge in [-0.05, 0) is 56.7 Å². The van der Waals surface area contributed by atoms with E-state index in [0.29, 0.717) is 25.1 Å². The minimum atomic E-state index is -0.580. The summed E-state index contributed by atoms with van der Waals surface area (Å²) >= 11 is 0. The van der Waals surface area contributed by atoms with Crippen molar-refractivity contribution in [3.63, 3.8) is 0 Å². The van der Waals surface area contributed by atoms with Gasteiger partial charge in [-0.2, -0.15) is 0 Å². The topological polar surface area (TPSA) is 69.1 Å². The molecule has 0 spiro atoms. The van der Waals surface area contributed by atoms with E-state index in [2.05, 4.69) is 20.5 Å². The number of hydrogen-bond donors (Lipinski definition) is 3. The lowest BCUT2D eigenvalue weighted by molar-refractivity contribution is 0.0368. The molecule has 0 amide bonds. The molecule has 0 radical (unpaired) electrons. The van der Waals surface area contributed by atoms with Gasteiger partial charge in [-0.25, -0.2) is 4.39 Å². The van der Waals surface area contributed by atoms with Crippen LogP contribution in [-0.2, 0) is 4.74 Å². The molecule has 164 valence electrons. The molecular formula is C21H34FIN4O2. The Morgan fingerprint density at radius 2 is 2.07 bits per heavy atom. The predicted octanol–water partition coefficient (Wildman–Crippen LogP) is 2.76. The van der Waals surface area contributed by atoms with Gasteiger partial charge in [0.1, 0.15) is 5.82 Å². The zero-order valence-corrected chi connectivity index (χ0v) is 19.5. The second kappa shape index (κ2) is 12.5. The Kier molecular flexibility index (Phi) is 10.4. The van der Waals surface area contributed by atoms with Gasteiger partial charge in [-0.15, -0.1) is 24.0 Å². The first-order chi connectivity index (χ1) is 13.6. The summed E-state index contributed by atoms with van der Waals surface area (Å²) in [5.41, 5.74) is 0.938. The smallest absolute Gasteiger partial charge is 0.191 e. The third kappa shape index (κ3) is 8.64. The van der Waals surface area contributed by atoms with Gasteiger partial charge in [0.15, 0.2) is 5.96 Å². The molecule has 1 aromatic rings. The van der Waals surface area contributed by atoms with Crippen LogP contribution in [0, 0.1) is 11.7 Å². The molecule has 1 heterocycles. The first-order valence-corrected chi connectivity index (χ1v) is 10.4. The molecule has 29 heavy (non-hydrogen) atoms. The van der Waals surface area contributed by atoms with E-state index in [9.17, 15) is 9.50 Å². The van der Waals surface area contributed by atoms with Crippen LogP contribution >= 0.6 is 24.0 Å². The van der Waals surface area contributed by atoms with Crippen molar-refractivity contribution in [2.24, 2.45) is 10.9 Å². The van der Waals surface area contributed by atoms with Crippen LogP contribution < -0.4 is 15.5 Å². The number of ether oxygens (including phenoxy) is 1. The maximum absolute atomic E-state index is 13.4. The minimum absolute atomic E-state index is 0. The molecule has 1 unspecified atom stereocenters. The first-order valence-electron chi connectivity index (χ1n) is 10.4. The number of aliphatic hydroxyl groups excluding tert-OH is 1. The Hall–Kier alpha value is -1.13. The second-order valence-corrected chi connectivity index (χ2v) is 7.74. The minimum Gasteiger partial charge on any atom is -0.389 e. The van der Waals surface area contributed by atoms with Gasteiger partial charge in [0, 0.05) is 38.0 Å². The fourth-order valence-electron chi connectivity index (χ4n) is 3.37. The van der Waals surface area contributed by atoms with Crippen molar-refractivity contribution in [1.29, 1.82) is 0 Å². The van der Waals surface area contributed by atoms with Gasteiger partial charge in [0.25, 0.3) is 0 Å². The average molecular weight is 520 g/mol. The van der Waals surface area contributed by atoms with E-state index in [4.69, 9.17) is 4.74 Å². The van der Waals surface area contributed by atoms with Gasteiger partial charge in [0.2, 0.25) is 0 Å². The van der Waals surface area contributed by atoms with Gasteiger partial charge in [-0.1, -0.05) is 6.07 Å². The fourth-order valence-corrected chi connectivity index (χ4v) is 3.37. The van der Waals surface area contributed by atoms with Gasteiger partial charge in [0.05, 0.1) is 19.3 Å². The molecule has 2 fully saturated rings. The van der Waals surface area contributed by atoms with E-state index in [1.165, 1.54) is 18.9 Å². The van der Waals surface area contributed by atoms with E-state index < -0.39 is 6.10 Å². The van der Waals surface area contributed by atoms with Gasteiger partial charge < -0.3 is 25.4 Å². The van der Waals surface area contributed by atoms with Crippen LogP contribution in [0.5, 0.6) is 0 Å². The summed E-state index contributed by atoms with van der Waals surface area (Å²) in [6, 6.07) is 7.08. The molecule has 1 aromatic carbocycles. The van der Waals surface area contributed by atoms with Crippen molar-refractivity contribution < 1.29 is 14.2 Å². The van der Waals surface area contributed by atoms with Crippen molar-refractivity contribution in [2.45, 2.75) is 44.8 Å². The lowest BCUT2D eigenvalue weighted by Gasteiger charge is -2.34. The zero-order chi connectivity index (χ0) is 19.8. The quantitative estimate of drug-likeness (QED) is 0.266. The van der Waals surface area contributed by atoms with E-state index in [1.54, 1.807) is 12.1 Å². The number of aliphatic imine (C=N–C) groups is 1. The number of halogens is 2. The summed E-state index contributed by atoms with van der Waals surface area (Å²) in [6.07, 6.45) is 3.83. The van der Waals surface area contributed by atoms with Crippen LogP contribution in [0.1, 0.15) is 32.6 Å². The maximum atomic E-state index is 13.4. The third-order valence-corrected chi connectivity index (χ3v) is 5.17. The SMILES string of the molecule is CCNC(=NCC(O)COCC1CC1)NC1CCN(c2cccc(F)c2)CC1.I. The molecule has 0 bridgehead atoms. The number of guanidine groups is 1. The van der Waals surface area contributed by atoms with Crippen LogP contribution in [0.2, 0.25) is 0 Å². The van der Waals surface area contributed by atoms with E-state index >= 15 is 0 Å². The molecule has 1 saturated heterocycles. The molecular weight excluding hydrogens is 486 g/mol. The number of rotatable bonds is 9. The molecule has 1 aliphatic carbocycles. The summed E-state index contributed by atoms with van der Waals surface area (Å²) in [6.45, 7) is 5.95.